The second-order valence-electron chi connectivity index (χ2n) is 6.42. The van der Waals surface area contributed by atoms with E-state index < -0.39 is 0 Å². The quantitative estimate of drug-likeness (QED) is 0.748. The molecule has 1 aromatic heterocycles. The van der Waals surface area contributed by atoms with Crippen LogP contribution in [0.3, 0.4) is 0 Å². The minimum Gasteiger partial charge on any atom is -0.351 e. The van der Waals surface area contributed by atoms with Gasteiger partial charge in [-0.1, -0.05) is 41.0 Å². The van der Waals surface area contributed by atoms with E-state index in [1.807, 2.05) is 11.3 Å². The van der Waals surface area contributed by atoms with Gasteiger partial charge in [0.15, 0.2) is 5.13 Å². The smallest absolute Gasteiger partial charge is 0.185 e. The normalized spacial score (nSPS) is 11.6. The van der Waals surface area contributed by atoms with E-state index in [0.717, 1.165) is 32.5 Å². The van der Waals surface area contributed by atoms with Crippen molar-refractivity contribution in [3.63, 3.8) is 0 Å². The maximum atomic E-state index is 4.86. The summed E-state index contributed by atoms with van der Waals surface area (Å²) in [6, 6.07) is 0. The average Bonchev–Trinajstić information content (AvgIpc) is 2.72. The molecule has 4 heteroatoms. The lowest BCUT2D eigenvalue weighted by atomic mass is 10.2. The first-order chi connectivity index (χ1) is 9.43. The topological polar surface area (TPSA) is 28.2 Å². The van der Waals surface area contributed by atoms with Crippen molar-refractivity contribution in [3.8, 4) is 0 Å². The van der Waals surface area contributed by atoms with Crippen molar-refractivity contribution in [2.24, 2.45) is 11.8 Å². The van der Waals surface area contributed by atoms with Gasteiger partial charge >= 0.3 is 0 Å². The Kier molecular flexibility index (Phi) is 7.52. The zero-order valence-electron chi connectivity index (χ0n) is 14.0. The lowest BCUT2D eigenvalue weighted by Crippen LogP contribution is -2.22. The van der Waals surface area contributed by atoms with Crippen molar-refractivity contribution in [2.75, 3.05) is 25.0 Å². The molecule has 0 atom stereocenters. The number of aromatic nitrogens is 1. The van der Waals surface area contributed by atoms with Crippen LogP contribution in [0.5, 0.6) is 0 Å². The van der Waals surface area contributed by atoms with E-state index in [9.17, 15) is 0 Å². The van der Waals surface area contributed by atoms with Crippen LogP contribution in [0.25, 0.3) is 0 Å². The van der Waals surface area contributed by atoms with Gasteiger partial charge in [-0.05, 0) is 24.8 Å². The zero-order chi connectivity index (χ0) is 15.1. The molecule has 0 aromatic carbocycles. The molecule has 0 fully saturated rings. The maximum Gasteiger partial charge on any atom is 0.185 e. The number of thiazole rings is 1. The molecule has 116 valence electrons. The van der Waals surface area contributed by atoms with Crippen molar-refractivity contribution >= 4 is 16.5 Å². The lowest BCUT2D eigenvalue weighted by Gasteiger charge is -2.17. The number of nitrogens with zero attached hydrogens (tertiary/aromatic N) is 2. The number of aryl methyl sites for hydroxylation is 1. The predicted molar refractivity (Wildman–Crippen MR) is 90.8 cm³/mol. The van der Waals surface area contributed by atoms with E-state index in [1.165, 1.54) is 15.7 Å². The van der Waals surface area contributed by atoms with Crippen LogP contribution in [0.15, 0.2) is 0 Å². The van der Waals surface area contributed by atoms with E-state index in [-0.39, 0.29) is 0 Å². The fraction of sp³-hybridized carbons (Fsp3) is 0.812. The molecular formula is C16H31N3S. The summed E-state index contributed by atoms with van der Waals surface area (Å²) in [6.45, 7) is 14.3. The van der Waals surface area contributed by atoms with E-state index in [2.05, 4.69) is 51.9 Å². The molecule has 1 N–H and O–H groups in total. The highest BCUT2D eigenvalue weighted by molar-refractivity contribution is 7.15. The Morgan fingerprint density at radius 2 is 1.90 bits per heavy atom. The minimum atomic E-state index is 0.668. The molecule has 0 aliphatic rings. The van der Waals surface area contributed by atoms with Gasteiger partial charge in [0.05, 0.1) is 5.69 Å². The molecule has 0 saturated carbocycles. The molecule has 1 aromatic rings. The Labute approximate surface area is 128 Å². The third-order valence-corrected chi connectivity index (χ3v) is 4.27. The van der Waals surface area contributed by atoms with Crippen LogP contribution >= 0.6 is 11.3 Å². The monoisotopic (exact) mass is 297 g/mol. The van der Waals surface area contributed by atoms with Crippen LogP contribution in [-0.4, -0.2) is 25.1 Å². The molecule has 0 amide bonds. The van der Waals surface area contributed by atoms with Crippen LogP contribution < -0.4 is 10.2 Å². The maximum absolute atomic E-state index is 4.86. The van der Waals surface area contributed by atoms with Crippen molar-refractivity contribution in [3.05, 3.63) is 10.6 Å². The second kappa shape index (κ2) is 8.63. The summed E-state index contributed by atoms with van der Waals surface area (Å²) in [5.41, 5.74) is 1.29. The fourth-order valence-corrected chi connectivity index (χ4v) is 3.25. The van der Waals surface area contributed by atoms with Gasteiger partial charge in [-0.25, -0.2) is 4.98 Å². The van der Waals surface area contributed by atoms with Crippen molar-refractivity contribution in [1.82, 2.24) is 10.3 Å². The first kappa shape index (κ1) is 17.4. The van der Waals surface area contributed by atoms with Crippen molar-refractivity contribution in [1.29, 1.82) is 0 Å². The number of anilines is 1. The molecule has 20 heavy (non-hydrogen) atoms. The standard InChI is InChI=1S/C16H31N3S/c1-7-8-14-15(10-17-9-12(2)3)20-16(18-14)19(6)11-13(4)5/h12-13,17H,7-11H2,1-6H3. The van der Waals surface area contributed by atoms with Crippen LogP contribution in [0, 0.1) is 11.8 Å². The van der Waals surface area contributed by atoms with E-state index in [4.69, 9.17) is 4.98 Å². The molecule has 0 aliphatic carbocycles. The molecule has 0 spiro atoms. The summed E-state index contributed by atoms with van der Waals surface area (Å²) in [6.07, 6.45) is 2.25. The van der Waals surface area contributed by atoms with E-state index >= 15 is 0 Å². The van der Waals surface area contributed by atoms with Gasteiger partial charge in [-0.3, -0.25) is 0 Å². The third kappa shape index (κ3) is 5.80. The minimum absolute atomic E-state index is 0.668. The molecule has 3 nitrogen and oxygen atoms in total. The van der Waals surface area contributed by atoms with Gasteiger partial charge in [-0.2, -0.15) is 0 Å². The molecular weight excluding hydrogens is 266 g/mol. The summed E-state index contributed by atoms with van der Waals surface area (Å²) in [5, 5.41) is 4.71. The number of hydrogen-bond donors (Lipinski definition) is 1. The highest BCUT2D eigenvalue weighted by atomic mass is 32.1. The van der Waals surface area contributed by atoms with Gasteiger partial charge in [0, 0.05) is 25.0 Å². The molecule has 0 bridgehead atoms. The SMILES string of the molecule is CCCc1nc(N(C)CC(C)C)sc1CNCC(C)C. The number of rotatable bonds is 9. The molecule has 0 radical (unpaired) electrons. The van der Waals surface area contributed by atoms with E-state index in [0.29, 0.717) is 11.8 Å². The zero-order valence-corrected chi connectivity index (χ0v) is 14.8. The van der Waals surface area contributed by atoms with Gasteiger partial charge in [0.2, 0.25) is 0 Å². The summed E-state index contributed by atoms with van der Waals surface area (Å²) >= 11 is 1.85. The lowest BCUT2D eigenvalue weighted by molar-refractivity contribution is 0.553. The molecule has 0 saturated heterocycles. The van der Waals surface area contributed by atoms with Gasteiger partial charge in [0.1, 0.15) is 0 Å². The Balaban J connectivity index is 2.73. The number of nitrogens with one attached hydrogen (secondary N) is 1. The van der Waals surface area contributed by atoms with Crippen LogP contribution in [-0.2, 0) is 13.0 Å². The summed E-state index contributed by atoms with van der Waals surface area (Å²) in [7, 11) is 2.15. The Morgan fingerprint density at radius 1 is 1.20 bits per heavy atom. The average molecular weight is 298 g/mol. The highest BCUT2D eigenvalue weighted by Crippen LogP contribution is 2.27. The first-order valence-electron chi connectivity index (χ1n) is 7.84. The molecule has 1 rings (SSSR count). The number of hydrogen-bond acceptors (Lipinski definition) is 4. The fourth-order valence-electron chi connectivity index (χ4n) is 2.20. The molecule has 0 unspecified atom stereocenters. The summed E-state index contributed by atoms with van der Waals surface area (Å²) < 4.78 is 0. The van der Waals surface area contributed by atoms with Crippen LogP contribution in [0.1, 0.15) is 51.6 Å². The van der Waals surface area contributed by atoms with Crippen molar-refractivity contribution in [2.45, 2.75) is 54.0 Å². The Hall–Kier alpha value is -0.610. The highest BCUT2D eigenvalue weighted by Gasteiger charge is 2.14. The first-order valence-corrected chi connectivity index (χ1v) is 8.66. The Morgan fingerprint density at radius 3 is 2.45 bits per heavy atom. The van der Waals surface area contributed by atoms with Crippen LogP contribution in [0.2, 0.25) is 0 Å². The van der Waals surface area contributed by atoms with Gasteiger partial charge < -0.3 is 10.2 Å². The van der Waals surface area contributed by atoms with Gasteiger partial charge in [0.25, 0.3) is 0 Å². The van der Waals surface area contributed by atoms with Gasteiger partial charge in [-0.15, -0.1) is 11.3 Å². The largest absolute Gasteiger partial charge is 0.351 e. The summed E-state index contributed by atoms with van der Waals surface area (Å²) in [4.78, 5) is 8.56. The molecule has 1 heterocycles. The Bertz CT molecular complexity index is 385. The van der Waals surface area contributed by atoms with Crippen LogP contribution in [0.4, 0.5) is 5.13 Å². The summed E-state index contributed by atoms with van der Waals surface area (Å²) in [5.74, 6) is 1.36. The van der Waals surface area contributed by atoms with Crippen molar-refractivity contribution < 1.29 is 0 Å². The molecule has 0 aliphatic heterocycles. The van der Waals surface area contributed by atoms with E-state index in [1.54, 1.807) is 0 Å². The third-order valence-electron chi connectivity index (χ3n) is 3.06. The second-order valence-corrected chi connectivity index (χ2v) is 7.48. The predicted octanol–water partition coefficient (Wildman–Crippen LogP) is 3.93.